The van der Waals surface area contributed by atoms with E-state index in [0.717, 1.165) is 12.8 Å². The summed E-state index contributed by atoms with van der Waals surface area (Å²) in [6.45, 7) is 3.61. The van der Waals surface area contributed by atoms with E-state index >= 15 is 0 Å². The van der Waals surface area contributed by atoms with Gasteiger partial charge in [-0.25, -0.2) is 0 Å². The quantitative estimate of drug-likeness (QED) is 0.896. The van der Waals surface area contributed by atoms with Gasteiger partial charge in [-0.1, -0.05) is 30.3 Å². The highest BCUT2D eigenvalue weighted by Gasteiger charge is 2.25. The number of hydrogen-bond acceptors (Lipinski definition) is 3. The van der Waals surface area contributed by atoms with Crippen LogP contribution in [0.2, 0.25) is 0 Å². The molecule has 136 valence electrons. The van der Waals surface area contributed by atoms with Gasteiger partial charge >= 0.3 is 0 Å². The summed E-state index contributed by atoms with van der Waals surface area (Å²) < 4.78 is 5.91. The summed E-state index contributed by atoms with van der Waals surface area (Å²) in [7, 11) is 0. The molecule has 0 aromatic heterocycles. The molecule has 1 aliphatic rings. The first-order valence-electron chi connectivity index (χ1n) is 8.99. The summed E-state index contributed by atoms with van der Waals surface area (Å²) in [5.41, 5.74) is 0.580. The summed E-state index contributed by atoms with van der Waals surface area (Å²) in [5, 5.41) is 2.87. The lowest BCUT2D eigenvalue weighted by atomic mass is 9.96. The third-order valence-corrected chi connectivity index (χ3v) is 4.63. The first-order chi connectivity index (χ1) is 12.6. The highest BCUT2D eigenvalue weighted by atomic mass is 16.5. The first-order valence-corrected chi connectivity index (χ1v) is 8.99. The van der Waals surface area contributed by atoms with Crippen molar-refractivity contribution in [2.45, 2.75) is 19.8 Å². The van der Waals surface area contributed by atoms with Gasteiger partial charge in [-0.3, -0.25) is 9.59 Å². The Morgan fingerprint density at radius 1 is 1.04 bits per heavy atom. The minimum Gasteiger partial charge on any atom is -0.457 e. The summed E-state index contributed by atoms with van der Waals surface area (Å²) >= 11 is 0. The molecule has 0 atom stereocenters. The molecule has 2 amide bonds. The third kappa shape index (κ3) is 4.63. The van der Waals surface area contributed by atoms with Crippen LogP contribution >= 0.6 is 0 Å². The number of para-hydroxylation sites is 2. The van der Waals surface area contributed by atoms with E-state index in [1.54, 1.807) is 0 Å². The molecule has 1 heterocycles. The van der Waals surface area contributed by atoms with Crippen LogP contribution < -0.4 is 10.1 Å². The van der Waals surface area contributed by atoms with Crippen molar-refractivity contribution in [2.24, 2.45) is 5.92 Å². The molecule has 3 rings (SSSR count). The summed E-state index contributed by atoms with van der Waals surface area (Å²) in [6, 6.07) is 16.8. The molecule has 1 fully saturated rings. The van der Waals surface area contributed by atoms with Crippen molar-refractivity contribution in [2.75, 3.05) is 19.6 Å². The highest BCUT2D eigenvalue weighted by Crippen LogP contribution is 2.27. The van der Waals surface area contributed by atoms with E-state index in [-0.39, 0.29) is 11.8 Å². The van der Waals surface area contributed by atoms with E-state index in [4.69, 9.17) is 4.74 Å². The first kappa shape index (κ1) is 18.0. The van der Waals surface area contributed by atoms with Crippen LogP contribution in [0.5, 0.6) is 11.5 Å². The predicted molar refractivity (Wildman–Crippen MR) is 100 cm³/mol. The zero-order valence-corrected chi connectivity index (χ0v) is 15.0. The van der Waals surface area contributed by atoms with E-state index in [0.29, 0.717) is 42.6 Å². The van der Waals surface area contributed by atoms with Crippen LogP contribution in [0.15, 0.2) is 54.6 Å². The predicted octanol–water partition coefficient (Wildman–Crippen LogP) is 3.47. The summed E-state index contributed by atoms with van der Waals surface area (Å²) in [4.78, 5) is 25.9. The van der Waals surface area contributed by atoms with Crippen LogP contribution in [0.25, 0.3) is 0 Å². The summed E-state index contributed by atoms with van der Waals surface area (Å²) in [6.07, 6.45) is 1.79. The Morgan fingerprint density at radius 3 is 2.38 bits per heavy atom. The van der Waals surface area contributed by atoms with E-state index in [2.05, 4.69) is 5.32 Å². The van der Waals surface area contributed by atoms with Crippen LogP contribution in [0, 0.1) is 5.92 Å². The van der Waals surface area contributed by atoms with Crippen LogP contribution in [-0.2, 0) is 4.79 Å². The normalized spacial score (nSPS) is 14.7. The minimum absolute atomic E-state index is 0.00417. The second-order valence-corrected chi connectivity index (χ2v) is 6.58. The number of nitrogens with zero attached hydrogens (tertiary/aromatic N) is 1. The van der Waals surface area contributed by atoms with Crippen molar-refractivity contribution in [3.8, 4) is 11.5 Å². The number of amides is 2. The second kappa shape index (κ2) is 8.52. The highest BCUT2D eigenvalue weighted by molar-refractivity contribution is 5.97. The Balaban J connectivity index is 1.64. The zero-order valence-electron chi connectivity index (χ0n) is 15.0. The standard InChI is InChI=1S/C21H24N2O3/c1-16(24)22-15-17-11-13-23(14-12-17)21(25)19-9-5-6-10-20(19)26-18-7-3-2-4-8-18/h2-10,17H,11-15H2,1H3,(H,22,24). The number of piperidine rings is 1. The molecule has 1 saturated heterocycles. The molecule has 5 heteroatoms. The van der Waals surface area contributed by atoms with Crippen LogP contribution in [0.4, 0.5) is 0 Å². The van der Waals surface area contributed by atoms with Crippen molar-refractivity contribution < 1.29 is 14.3 Å². The fourth-order valence-electron chi connectivity index (χ4n) is 3.15. The molecule has 0 unspecified atom stereocenters. The Morgan fingerprint density at radius 2 is 1.69 bits per heavy atom. The molecule has 2 aromatic rings. The van der Waals surface area contributed by atoms with Gasteiger partial charge in [0.1, 0.15) is 11.5 Å². The van der Waals surface area contributed by atoms with Gasteiger partial charge in [0.15, 0.2) is 0 Å². The molecule has 0 aliphatic carbocycles. The Bertz CT molecular complexity index is 753. The number of hydrogen-bond donors (Lipinski definition) is 1. The number of nitrogens with one attached hydrogen (secondary N) is 1. The number of likely N-dealkylation sites (tertiary alicyclic amines) is 1. The largest absolute Gasteiger partial charge is 0.457 e. The van der Waals surface area contributed by atoms with Gasteiger partial charge in [-0.2, -0.15) is 0 Å². The number of carbonyl (C=O) groups excluding carboxylic acids is 2. The van der Waals surface area contributed by atoms with Crippen molar-refractivity contribution in [3.05, 3.63) is 60.2 Å². The van der Waals surface area contributed by atoms with E-state index < -0.39 is 0 Å². The van der Waals surface area contributed by atoms with Crippen molar-refractivity contribution in [1.82, 2.24) is 10.2 Å². The van der Waals surface area contributed by atoms with Crippen molar-refractivity contribution in [1.29, 1.82) is 0 Å². The van der Waals surface area contributed by atoms with Gasteiger partial charge in [0, 0.05) is 26.6 Å². The smallest absolute Gasteiger partial charge is 0.257 e. The molecule has 0 spiro atoms. The van der Waals surface area contributed by atoms with Gasteiger partial charge < -0.3 is 15.0 Å². The van der Waals surface area contributed by atoms with Gasteiger partial charge in [0.25, 0.3) is 5.91 Å². The molecule has 1 aliphatic heterocycles. The van der Waals surface area contributed by atoms with Gasteiger partial charge in [-0.05, 0) is 43.0 Å². The molecule has 2 aromatic carbocycles. The molecule has 5 nitrogen and oxygen atoms in total. The monoisotopic (exact) mass is 352 g/mol. The fourth-order valence-corrected chi connectivity index (χ4v) is 3.15. The average molecular weight is 352 g/mol. The van der Waals surface area contributed by atoms with E-state index in [9.17, 15) is 9.59 Å². The molecular formula is C21H24N2O3. The lowest BCUT2D eigenvalue weighted by molar-refractivity contribution is -0.119. The SMILES string of the molecule is CC(=O)NCC1CCN(C(=O)c2ccccc2Oc2ccccc2)CC1. The number of carbonyl (C=O) groups is 2. The molecule has 0 radical (unpaired) electrons. The maximum absolute atomic E-state index is 13.0. The molecule has 26 heavy (non-hydrogen) atoms. The van der Waals surface area contributed by atoms with Gasteiger partial charge in [0.2, 0.25) is 5.91 Å². The molecule has 0 bridgehead atoms. The molecule has 1 N–H and O–H groups in total. The number of rotatable bonds is 5. The van der Waals surface area contributed by atoms with E-state index in [1.165, 1.54) is 6.92 Å². The topological polar surface area (TPSA) is 58.6 Å². The molecule has 0 saturated carbocycles. The third-order valence-electron chi connectivity index (χ3n) is 4.63. The lowest BCUT2D eigenvalue weighted by Gasteiger charge is -2.32. The number of ether oxygens (including phenoxy) is 1. The number of benzene rings is 2. The lowest BCUT2D eigenvalue weighted by Crippen LogP contribution is -2.41. The molecular weight excluding hydrogens is 328 g/mol. The Hall–Kier alpha value is -2.82. The maximum atomic E-state index is 13.0. The van der Waals surface area contributed by atoms with Crippen molar-refractivity contribution in [3.63, 3.8) is 0 Å². The van der Waals surface area contributed by atoms with Crippen molar-refractivity contribution >= 4 is 11.8 Å². The Kier molecular flexibility index (Phi) is 5.89. The Labute approximate surface area is 154 Å². The van der Waals surface area contributed by atoms with Crippen LogP contribution in [0.1, 0.15) is 30.1 Å². The van der Waals surface area contributed by atoms with Gasteiger partial charge in [0.05, 0.1) is 5.56 Å². The second-order valence-electron chi connectivity index (χ2n) is 6.58. The summed E-state index contributed by atoms with van der Waals surface area (Å²) in [5.74, 6) is 1.70. The van der Waals surface area contributed by atoms with Gasteiger partial charge in [-0.15, -0.1) is 0 Å². The minimum atomic E-state index is -0.00508. The fraction of sp³-hybridized carbons (Fsp3) is 0.333. The maximum Gasteiger partial charge on any atom is 0.257 e. The average Bonchev–Trinajstić information content (AvgIpc) is 2.67. The van der Waals surface area contributed by atoms with Crippen LogP contribution in [-0.4, -0.2) is 36.3 Å². The van der Waals surface area contributed by atoms with E-state index in [1.807, 2.05) is 59.5 Å². The van der Waals surface area contributed by atoms with Crippen LogP contribution in [0.3, 0.4) is 0 Å². The zero-order chi connectivity index (χ0) is 18.4.